The molecule has 3 heteroatoms. The zero-order valence-electron chi connectivity index (χ0n) is 15.8. The molecule has 25 heavy (non-hydrogen) atoms. The third-order valence-corrected chi connectivity index (χ3v) is 4.55. The van der Waals surface area contributed by atoms with Gasteiger partial charge in [0.05, 0.1) is 0 Å². The van der Waals surface area contributed by atoms with Crippen LogP contribution >= 0.6 is 0 Å². The number of hydrogen-bond acceptors (Lipinski definition) is 2. The number of amides is 1. The SMILES string of the molecule is CCC(Oc1cccc(C)c1C)C(=O)NCCCc1ccc(C)cc1. The van der Waals surface area contributed by atoms with Crippen LogP contribution in [0, 0.1) is 20.8 Å². The van der Waals surface area contributed by atoms with E-state index in [-0.39, 0.29) is 5.91 Å². The van der Waals surface area contributed by atoms with Crippen LogP contribution < -0.4 is 10.1 Å². The minimum Gasteiger partial charge on any atom is -0.480 e. The lowest BCUT2D eigenvalue weighted by molar-refractivity contribution is -0.128. The zero-order valence-corrected chi connectivity index (χ0v) is 15.8. The zero-order chi connectivity index (χ0) is 18.2. The molecule has 0 radical (unpaired) electrons. The maximum Gasteiger partial charge on any atom is 0.261 e. The second-order valence-corrected chi connectivity index (χ2v) is 6.59. The molecule has 2 aromatic carbocycles. The molecule has 0 aliphatic carbocycles. The van der Waals surface area contributed by atoms with Gasteiger partial charge in [-0.2, -0.15) is 0 Å². The second-order valence-electron chi connectivity index (χ2n) is 6.59. The Hall–Kier alpha value is -2.29. The average Bonchev–Trinajstić information content (AvgIpc) is 2.61. The Morgan fingerprint density at radius 3 is 2.48 bits per heavy atom. The molecule has 1 unspecified atom stereocenters. The van der Waals surface area contributed by atoms with E-state index >= 15 is 0 Å². The molecule has 2 aromatic rings. The van der Waals surface area contributed by atoms with Crippen molar-refractivity contribution in [3.05, 3.63) is 64.7 Å². The molecule has 2 rings (SSSR count). The Labute approximate surface area is 151 Å². The van der Waals surface area contributed by atoms with Crippen LogP contribution in [0.3, 0.4) is 0 Å². The van der Waals surface area contributed by atoms with E-state index in [1.54, 1.807) is 0 Å². The number of nitrogens with one attached hydrogen (secondary N) is 1. The van der Waals surface area contributed by atoms with Crippen molar-refractivity contribution in [3.63, 3.8) is 0 Å². The summed E-state index contributed by atoms with van der Waals surface area (Å²) >= 11 is 0. The summed E-state index contributed by atoms with van der Waals surface area (Å²) in [6.45, 7) is 8.80. The lowest BCUT2D eigenvalue weighted by Gasteiger charge is -2.19. The van der Waals surface area contributed by atoms with Crippen molar-refractivity contribution in [3.8, 4) is 5.75 Å². The lowest BCUT2D eigenvalue weighted by atomic mass is 10.1. The molecule has 1 atom stereocenters. The number of carbonyl (C=O) groups is 1. The number of aryl methyl sites for hydroxylation is 3. The van der Waals surface area contributed by atoms with Crippen LogP contribution in [0.1, 0.15) is 42.0 Å². The van der Waals surface area contributed by atoms with Crippen molar-refractivity contribution < 1.29 is 9.53 Å². The molecule has 3 nitrogen and oxygen atoms in total. The van der Waals surface area contributed by atoms with Gasteiger partial charge in [0.2, 0.25) is 0 Å². The van der Waals surface area contributed by atoms with Crippen molar-refractivity contribution in [1.82, 2.24) is 5.32 Å². The maximum atomic E-state index is 12.4. The first-order chi connectivity index (χ1) is 12.0. The van der Waals surface area contributed by atoms with Crippen LogP contribution in [0.25, 0.3) is 0 Å². The van der Waals surface area contributed by atoms with Gasteiger partial charge < -0.3 is 10.1 Å². The molecule has 0 spiro atoms. The summed E-state index contributed by atoms with van der Waals surface area (Å²) in [5.41, 5.74) is 4.84. The first-order valence-electron chi connectivity index (χ1n) is 9.07. The quantitative estimate of drug-likeness (QED) is 0.718. The highest BCUT2D eigenvalue weighted by molar-refractivity contribution is 5.81. The normalized spacial score (nSPS) is 11.8. The third-order valence-electron chi connectivity index (χ3n) is 4.55. The van der Waals surface area contributed by atoms with Gasteiger partial charge in [-0.1, -0.05) is 48.9 Å². The lowest BCUT2D eigenvalue weighted by Crippen LogP contribution is -2.38. The number of hydrogen-bond donors (Lipinski definition) is 1. The highest BCUT2D eigenvalue weighted by Crippen LogP contribution is 2.22. The van der Waals surface area contributed by atoms with Crippen LogP contribution in [0.4, 0.5) is 0 Å². The Kier molecular flexibility index (Phi) is 7.05. The van der Waals surface area contributed by atoms with Gasteiger partial charge in [-0.05, 0) is 62.8 Å². The van der Waals surface area contributed by atoms with E-state index in [0.717, 1.165) is 24.2 Å². The molecule has 0 bridgehead atoms. The van der Waals surface area contributed by atoms with Gasteiger partial charge in [-0.3, -0.25) is 4.79 Å². The van der Waals surface area contributed by atoms with Crippen LogP contribution in [0.2, 0.25) is 0 Å². The van der Waals surface area contributed by atoms with E-state index in [0.29, 0.717) is 13.0 Å². The van der Waals surface area contributed by atoms with Crippen LogP contribution in [0.5, 0.6) is 5.75 Å². The third kappa shape index (κ3) is 5.63. The van der Waals surface area contributed by atoms with Gasteiger partial charge in [0.1, 0.15) is 5.75 Å². The van der Waals surface area contributed by atoms with Crippen LogP contribution in [-0.2, 0) is 11.2 Å². The monoisotopic (exact) mass is 339 g/mol. The topological polar surface area (TPSA) is 38.3 Å². The van der Waals surface area contributed by atoms with Gasteiger partial charge in [0.25, 0.3) is 5.91 Å². The van der Waals surface area contributed by atoms with E-state index in [1.165, 1.54) is 16.7 Å². The summed E-state index contributed by atoms with van der Waals surface area (Å²) in [6.07, 6.45) is 2.10. The summed E-state index contributed by atoms with van der Waals surface area (Å²) < 4.78 is 5.95. The molecule has 1 amide bonds. The van der Waals surface area contributed by atoms with E-state index in [4.69, 9.17) is 4.74 Å². The summed E-state index contributed by atoms with van der Waals surface area (Å²) in [5, 5.41) is 3.01. The molecule has 0 aliphatic rings. The van der Waals surface area contributed by atoms with Crippen LogP contribution in [0.15, 0.2) is 42.5 Å². The predicted octanol–water partition coefficient (Wildman–Crippen LogP) is 4.52. The largest absolute Gasteiger partial charge is 0.480 e. The Bertz CT molecular complexity index is 692. The highest BCUT2D eigenvalue weighted by atomic mass is 16.5. The molecule has 0 aromatic heterocycles. The van der Waals surface area contributed by atoms with Crippen molar-refractivity contribution in [2.45, 2.75) is 53.1 Å². The minimum atomic E-state index is -0.445. The standard InChI is InChI=1S/C22H29NO2/c1-5-20(25-21-10-6-8-17(3)18(21)4)22(24)23-15-7-9-19-13-11-16(2)12-14-19/h6,8,10-14,20H,5,7,9,15H2,1-4H3,(H,23,24). The van der Waals surface area contributed by atoms with E-state index in [1.807, 2.05) is 39.0 Å². The molecular weight excluding hydrogens is 310 g/mol. The molecular formula is C22H29NO2. The minimum absolute atomic E-state index is 0.0349. The summed E-state index contributed by atoms with van der Waals surface area (Å²) in [5.74, 6) is 0.758. The number of rotatable bonds is 8. The summed E-state index contributed by atoms with van der Waals surface area (Å²) in [7, 11) is 0. The number of benzene rings is 2. The van der Waals surface area contributed by atoms with Gasteiger partial charge in [-0.25, -0.2) is 0 Å². The molecule has 0 heterocycles. The summed E-state index contributed by atoms with van der Waals surface area (Å²) in [4.78, 5) is 12.4. The Balaban J connectivity index is 1.81. The number of carbonyl (C=O) groups excluding carboxylic acids is 1. The van der Waals surface area contributed by atoms with Crippen molar-refractivity contribution in [2.24, 2.45) is 0 Å². The Morgan fingerprint density at radius 1 is 1.08 bits per heavy atom. The smallest absolute Gasteiger partial charge is 0.261 e. The van der Waals surface area contributed by atoms with E-state index in [2.05, 4.69) is 36.5 Å². The second kappa shape index (κ2) is 9.26. The summed E-state index contributed by atoms with van der Waals surface area (Å²) in [6, 6.07) is 14.5. The first kappa shape index (κ1) is 19.0. The fourth-order valence-electron chi connectivity index (χ4n) is 2.70. The van der Waals surface area contributed by atoms with Gasteiger partial charge >= 0.3 is 0 Å². The first-order valence-corrected chi connectivity index (χ1v) is 9.07. The van der Waals surface area contributed by atoms with Crippen molar-refractivity contribution >= 4 is 5.91 Å². The van der Waals surface area contributed by atoms with Gasteiger partial charge in [-0.15, -0.1) is 0 Å². The highest BCUT2D eigenvalue weighted by Gasteiger charge is 2.18. The fourth-order valence-corrected chi connectivity index (χ4v) is 2.70. The van der Waals surface area contributed by atoms with Crippen LogP contribution in [-0.4, -0.2) is 18.6 Å². The van der Waals surface area contributed by atoms with Gasteiger partial charge in [0.15, 0.2) is 6.10 Å². The fraction of sp³-hybridized carbons (Fsp3) is 0.409. The molecule has 0 fully saturated rings. The molecule has 1 N–H and O–H groups in total. The number of ether oxygens (including phenoxy) is 1. The average molecular weight is 339 g/mol. The van der Waals surface area contributed by atoms with Crippen molar-refractivity contribution in [2.75, 3.05) is 6.54 Å². The molecule has 134 valence electrons. The molecule has 0 aliphatic heterocycles. The van der Waals surface area contributed by atoms with E-state index < -0.39 is 6.10 Å². The maximum absolute atomic E-state index is 12.4. The van der Waals surface area contributed by atoms with E-state index in [9.17, 15) is 4.79 Å². The van der Waals surface area contributed by atoms with Gasteiger partial charge in [0, 0.05) is 6.54 Å². The Morgan fingerprint density at radius 2 is 1.80 bits per heavy atom. The molecule has 0 saturated carbocycles. The predicted molar refractivity (Wildman–Crippen MR) is 103 cm³/mol. The molecule has 0 saturated heterocycles. The van der Waals surface area contributed by atoms with Crippen molar-refractivity contribution in [1.29, 1.82) is 0 Å².